The minimum atomic E-state index is -0.590. The van der Waals surface area contributed by atoms with Crippen LogP contribution in [0.1, 0.15) is 60.3 Å². The molecule has 1 amide bonds. The van der Waals surface area contributed by atoms with Crippen LogP contribution in [0.15, 0.2) is 0 Å². The van der Waals surface area contributed by atoms with Gasteiger partial charge in [-0.05, 0) is 37.0 Å². The Bertz CT molecular complexity index is 392. The number of rotatable bonds is 5. The van der Waals surface area contributed by atoms with E-state index in [0.717, 1.165) is 12.8 Å². The molecule has 0 spiro atoms. The van der Waals surface area contributed by atoms with Crippen LogP contribution in [0, 0.1) is 10.8 Å². The Hall–Kier alpha value is -0.610. The van der Waals surface area contributed by atoms with E-state index in [1.165, 1.54) is 6.42 Å². The van der Waals surface area contributed by atoms with Crippen LogP contribution in [0.3, 0.4) is 0 Å². The van der Waals surface area contributed by atoms with Gasteiger partial charge in [0.15, 0.2) is 0 Å². The number of likely N-dealkylation sites (N-methyl/N-ethyl adjacent to an activating group) is 1. The maximum absolute atomic E-state index is 12.4. The van der Waals surface area contributed by atoms with E-state index in [1.807, 2.05) is 21.1 Å². The fraction of sp³-hybridized carbons (Fsp3) is 0.944. The maximum Gasteiger partial charge on any atom is 0.223 e. The Kier molecular flexibility index (Phi) is 5.41. The van der Waals surface area contributed by atoms with Crippen LogP contribution in [0.5, 0.6) is 0 Å². The number of nitrogens with one attached hydrogen (secondary N) is 1. The molecule has 1 aliphatic carbocycles. The number of nitrogens with zero attached hydrogens (tertiary/aromatic N) is 1. The quantitative estimate of drug-likeness (QED) is 0.766. The molecule has 0 aromatic carbocycles. The summed E-state index contributed by atoms with van der Waals surface area (Å²) in [5, 5.41) is 13.3. The molecule has 0 aromatic rings. The first kappa shape index (κ1) is 19.4. The molecule has 4 heteroatoms. The largest absolute Gasteiger partial charge is 0.387 e. The zero-order valence-electron chi connectivity index (χ0n) is 15.9. The van der Waals surface area contributed by atoms with E-state index in [9.17, 15) is 9.90 Å². The third kappa shape index (κ3) is 6.66. The van der Waals surface area contributed by atoms with Crippen molar-refractivity contribution < 1.29 is 14.4 Å². The number of quaternary nitrogens is 1. The van der Waals surface area contributed by atoms with Gasteiger partial charge in [-0.2, -0.15) is 0 Å². The molecule has 2 N–H and O–H groups in total. The van der Waals surface area contributed by atoms with Gasteiger partial charge in [0.1, 0.15) is 12.6 Å². The van der Waals surface area contributed by atoms with Gasteiger partial charge in [0.2, 0.25) is 5.91 Å². The average molecular weight is 314 g/mol. The summed E-state index contributed by atoms with van der Waals surface area (Å²) < 4.78 is 0.659. The molecular weight excluding hydrogens is 276 g/mol. The standard InChI is InChI=1S/C18H36N2O2/c1-16(2)11-17(3,4)13-18(5,12-16)19-15(22)9-14(21)10-20(6,7)8/h14,21H,9-13H2,1-8H3/p+1/t14-/m0/s1. The Morgan fingerprint density at radius 2 is 1.50 bits per heavy atom. The number of carbonyl (C=O) groups is 1. The van der Waals surface area contributed by atoms with Gasteiger partial charge in [0, 0.05) is 5.54 Å². The van der Waals surface area contributed by atoms with Crippen molar-refractivity contribution in [1.82, 2.24) is 5.32 Å². The maximum atomic E-state index is 12.4. The molecule has 1 atom stereocenters. The second-order valence-electron chi connectivity index (χ2n) is 10.3. The molecule has 0 heterocycles. The lowest BCUT2D eigenvalue weighted by molar-refractivity contribution is -0.873. The molecule has 0 saturated heterocycles. The molecule has 1 aliphatic rings. The summed E-state index contributed by atoms with van der Waals surface area (Å²) in [6.45, 7) is 11.9. The third-order valence-electron chi connectivity index (χ3n) is 4.32. The molecule has 22 heavy (non-hydrogen) atoms. The van der Waals surface area contributed by atoms with Crippen LogP contribution in [0.2, 0.25) is 0 Å². The Morgan fingerprint density at radius 1 is 1.05 bits per heavy atom. The molecule has 1 saturated carbocycles. The average Bonchev–Trinajstić information content (AvgIpc) is 2.03. The van der Waals surface area contributed by atoms with Crippen molar-refractivity contribution in [2.24, 2.45) is 10.8 Å². The molecular formula is C18H37N2O2+. The molecule has 0 unspecified atom stereocenters. The first-order valence-electron chi connectivity index (χ1n) is 8.41. The van der Waals surface area contributed by atoms with Crippen molar-refractivity contribution in [2.75, 3.05) is 27.7 Å². The molecule has 4 nitrogen and oxygen atoms in total. The van der Waals surface area contributed by atoms with E-state index in [2.05, 4.69) is 39.9 Å². The van der Waals surface area contributed by atoms with Crippen LogP contribution < -0.4 is 5.32 Å². The van der Waals surface area contributed by atoms with Crippen molar-refractivity contribution in [3.63, 3.8) is 0 Å². The van der Waals surface area contributed by atoms with Crippen molar-refractivity contribution in [1.29, 1.82) is 0 Å². The minimum Gasteiger partial charge on any atom is -0.387 e. The van der Waals surface area contributed by atoms with E-state index >= 15 is 0 Å². The predicted octanol–water partition coefficient (Wildman–Crippen LogP) is 2.55. The smallest absolute Gasteiger partial charge is 0.223 e. The highest BCUT2D eigenvalue weighted by molar-refractivity contribution is 5.77. The lowest BCUT2D eigenvalue weighted by Crippen LogP contribution is -2.55. The lowest BCUT2D eigenvalue weighted by Gasteiger charge is -2.51. The molecule has 0 bridgehead atoms. The van der Waals surface area contributed by atoms with Crippen molar-refractivity contribution in [3.8, 4) is 0 Å². The number of hydrogen-bond donors (Lipinski definition) is 2. The number of amides is 1. The number of aliphatic hydroxyl groups excluding tert-OH is 1. The van der Waals surface area contributed by atoms with Gasteiger partial charge in [-0.3, -0.25) is 4.79 Å². The Labute approximate surface area is 136 Å². The highest BCUT2D eigenvalue weighted by Gasteiger charge is 2.45. The molecule has 0 aliphatic heterocycles. The molecule has 1 fully saturated rings. The topological polar surface area (TPSA) is 49.3 Å². The van der Waals surface area contributed by atoms with Crippen LogP contribution >= 0.6 is 0 Å². The van der Waals surface area contributed by atoms with Gasteiger partial charge < -0.3 is 14.9 Å². The fourth-order valence-corrected chi connectivity index (χ4v) is 4.98. The summed E-state index contributed by atoms with van der Waals surface area (Å²) in [5.41, 5.74) is 0.272. The van der Waals surface area contributed by atoms with Gasteiger partial charge in [-0.15, -0.1) is 0 Å². The van der Waals surface area contributed by atoms with Crippen molar-refractivity contribution >= 4 is 5.91 Å². The van der Waals surface area contributed by atoms with Gasteiger partial charge in [0.25, 0.3) is 0 Å². The van der Waals surface area contributed by atoms with Crippen LogP contribution in [-0.4, -0.2) is 54.8 Å². The summed E-state index contributed by atoms with van der Waals surface area (Å²) in [7, 11) is 6.07. The predicted molar refractivity (Wildman–Crippen MR) is 91.5 cm³/mol. The summed E-state index contributed by atoms with van der Waals surface area (Å²) >= 11 is 0. The Morgan fingerprint density at radius 3 is 1.91 bits per heavy atom. The van der Waals surface area contributed by atoms with Gasteiger partial charge in [0.05, 0.1) is 27.6 Å². The van der Waals surface area contributed by atoms with E-state index in [1.54, 1.807) is 0 Å². The van der Waals surface area contributed by atoms with E-state index in [0.29, 0.717) is 11.0 Å². The zero-order chi connectivity index (χ0) is 17.4. The summed E-state index contributed by atoms with van der Waals surface area (Å²) in [6.07, 6.45) is 2.75. The fourth-order valence-electron chi connectivity index (χ4n) is 4.98. The van der Waals surface area contributed by atoms with E-state index in [-0.39, 0.29) is 28.7 Å². The van der Waals surface area contributed by atoms with E-state index < -0.39 is 6.10 Å². The normalized spacial score (nSPS) is 24.6. The molecule has 0 radical (unpaired) electrons. The Balaban J connectivity index is 2.66. The third-order valence-corrected chi connectivity index (χ3v) is 4.32. The van der Waals surface area contributed by atoms with Crippen LogP contribution in [0.25, 0.3) is 0 Å². The number of hydrogen-bond acceptors (Lipinski definition) is 2. The monoisotopic (exact) mass is 313 g/mol. The second kappa shape index (κ2) is 6.12. The molecule has 1 rings (SSSR count). The number of carbonyl (C=O) groups excluding carboxylic acids is 1. The van der Waals surface area contributed by atoms with E-state index in [4.69, 9.17) is 0 Å². The highest BCUT2D eigenvalue weighted by atomic mass is 16.3. The summed E-state index contributed by atoms with van der Waals surface area (Å²) in [4.78, 5) is 12.4. The first-order valence-corrected chi connectivity index (χ1v) is 8.41. The van der Waals surface area contributed by atoms with Crippen LogP contribution in [0.4, 0.5) is 0 Å². The second-order valence-corrected chi connectivity index (χ2v) is 10.3. The van der Waals surface area contributed by atoms with Crippen molar-refractivity contribution in [2.45, 2.75) is 71.9 Å². The van der Waals surface area contributed by atoms with Gasteiger partial charge in [-0.25, -0.2) is 0 Å². The number of aliphatic hydroxyl groups is 1. The molecule has 0 aromatic heterocycles. The summed E-state index contributed by atoms with van der Waals surface area (Å²) in [6, 6.07) is 0. The zero-order valence-corrected chi connectivity index (χ0v) is 15.9. The first-order chi connectivity index (χ1) is 9.62. The molecule has 130 valence electrons. The highest BCUT2D eigenvalue weighted by Crippen LogP contribution is 2.49. The minimum absolute atomic E-state index is 0.0306. The van der Waals surface area contributed by atoms with Gasteiger partial charge >= 0.3 is 0 Å². The van der Waals surface area contributed by atoms with Crippen molar-refractivity contribution in [3.05, 3.63) is 0 Å². The van der Waals surface area contributed by atoms with Gasteiger partial charge in [-0.1, -0.05) is 27.7 Å². The lowest BCUT2D eigenvalue weighted by atomic mass is 9.59. The summed E-state index contributed by atoms with van der Waals surface area (Å²) in [5.74, 6) is -0.0306. The van der Waals surface area contributed by atoms with Crippen LogP contribution in [-0.2, 0) is 4.79 Å². The SMILES string of the molecule is CC1(C)CC(C)(C)CC(C)(NC(=O)C[C@H](O)C[N+](C)(C)C)C1.